The Morgan fingerprint density at radius 1 is 1.42 bits per heavy atom. The van der Waals surface area contributed by atoms with Gasteiger partial charge in [-0.1, -0.05) is 42.1 Å². The first kappa shape index (κ1) is 8.53. The molecule has 0 radical (unpaired) electrons. The van der Waals surface area contributed by atoms with Crippen molar-refractivity contribution < 1.29 is 4.84 Å². The molecule has 2 nitrogen and oxygen atoms in total. The Morgan fingerprint density at radius 2 is 2.08 bits per heavy atom. The van der Waals surface area contributed by atoms with E-state index in [0.717, 1.165) is 11.3 Å². The van der Waals surface area contributed by atoms with Crippen LogP contribution in [0.15, 0.2) is 48.1 Å². The summed E-state index contributed by atoms with van der Waals surface area (Å²) in [5.41, 5.74) is 1.76. The van der Waals surface area contributed by atoms with Crippen LogP contribution in [-0.2, 0) is 4.84 Å². The molecular formula is C10H11NO. The summed E-state index contributed by atoms with van der Waals surface area (Å²) in [5.74, 6) is 0. The molecule has 0 N–H and O–H groups in total. The number of allylic oxidation sites excluding steroid dienone is 1. The summed E-state index contributed by atoms with van der Waals surface area (Å²) in [4.78, 5) is 4.67. The van der Waals surface area contributed by atoms with Crippen molar-refractivity contribution in [3.63, 3.8) is 0 Å². The van der Waals surface area contributed by atoms with E-state index < -0.39 is 0 Å². The fraction of sp³-hybridized carbons (Fsp3) is 0.100. The van der Waals surface area contributed by atoms with E-state index in [1.807, 2.05) is 30.3 Å². The second-order valence-corrected chi connectivity index (χ2v) is 2.23. The van der Waals surface area contributed by atoms with Crippen LogP contribution in [0, 0.1) is 0 Å². The first-order valence-electron chi connectivity index (χ1n) is 3.67. The monoisotopic (exact) mass is 161 g/mol. The van der Waals surface area contributed by atoms with E-state index >= 15 is 0 Å². The van der Waals surface area contributed by atoms with Crippen molar-refractivity contribution in [3.8, 4) is 0 Å². The smallest absolute Gasteiger partial charge is 0.109 e. The standard InChI is InChI=1S/C10H11NO/c1-3-10(11-12-2)9-7-5-4-6-8-9/h3-8H,1H2,2H3. The molecule has 0 spiro atoms. The number of nitrogens with zero attached hydrogens (tertiary/aromatic N) is 1. The summed E-state index contributed by atoms with van der Waals surface area (Å²) < 4.78 is 0. The number of benzene rings is 1. The van der Waals surface area contributed by atoms with Gasteiger partial charge in [0.25, 0.3) is 0 Å². The van der Waals surface area contributed by atoms with Gasteiger partial charge in [-0.2, -0.15) is 0 Å². The highest BCUT2D eigenvalue weighted by molar-refractivity contribution is 6.07. The third-order valence-electron chi connectivity index (χ3n) is 1.45. The van der Waals surface area contributed by atoms with Crippen LogP contribution >= 0.6 is 0 Å². The second kappa shape index (κ2) is 4.34. The molecular weight excluding hydrogens is 150 g/mol. The van der Waals surface area contributed by atoms with Crippen molar-refractivity contribution in [2.75, 3.05) is 7.11 Å². The lowest BCUT2D eigenvalue weighted by atomic mass is 10.1. The largest absolute Gasteiger partial charge is 0.399 e. The van der Waals surface area contributed by atoms with Gasteiger partial charge in [-0.3, -0.25) is 0 Å². The highest BCUT2D eigenvalue weighted by Crippen LogP contribution is 2.01. The maximum Gasteiger partial charge on any atom is 0.109 e. The van der Waals surface area contributed by atoms with Gasteiger partial charge in [0.2, 0.25) is 0 Å². The summed E-state index contributed by atoms with van der Waals surface area (Å²) in [6, 6.07) is 9.77. The Balaban J connectivity index is 2.96. The average molecular weight is 161 g/mol. The summed E-state index contributed by atoms with van der Waals surface area (Å²) in [6.45, 7) is 3.65. The normalized spacial score (nSPS) is 10.9. The van der Waals surface area contributed by atoms with E-state index in [2.05, 4.69) is 16.6 Å². The summed E-state index contributed by atoms with van der Waals surface area (Å²) in [7, 11) is 1.52. The molecule has 1 aromatic carbocycles. The molecule has 0 saturated carbocycles. The Morgan fingerprint density at radius 3 is 2.58 bits per heavy atom. The average Bonchev–Trinajstić information content (AvgIpc) is 2.15. The molecule has 2 heteroatoms. The van der Waals surface area contributed by atoms with Gasteiger partial charge >= 0.3 is 0 Å². The molecule has 0 bridgehead atoms. The minimum absolute atomic E-state index is 0.748. The van der Waals surface area contributed by atoms with Crippen LogP contribution in [0.3, 0.4) is 0 Å². The highest BCUT2D eigenvalue weighted by Gasteiger charge is 1.96. The maximum atomic E-state index is 4.67. The highest BCUT2D eigenvalue weighted by atomic mass is 16.6. The maximum absolute atomic E-state index is 4.67. The molecule has 0 aliphatic heterocycles. The van der Waals surface area contributed by atoms with E-state index in [1.54, 1.807) is 6.08 Å². The SMILES string of the molecule is C=CC(=NOC)c1ccccc1. The Bertz CT molecular complexity index is 277. The first-order valence-corrected chi connectivity index (χ1v) is 3.67. The van der Waals surface area contributed by atoms with Gasteiger partial charge < -0.3 is 4.84 Å². The Hall–Kier alpha value is -1.57. The summed E-state index contributed by atoms with van der Waals surface area (Å²) in [5, 5.41) is 3.81. The fourth-order valence-corrected chi connectivity index (χ4v) is 0.915. The lowest BCUT2D eigenvalue weighted by molar-refractivity contribution is 0.214. The van der Waals surface area contributed by atoms with E-state index in [4.69, 9.17) is 0 Å². The Labute approximate surface area is 72.2 Å². The minimum Gasteiger partial charge on any atom is -0.399 e. The number of hydrogen-bond donors (Lipinski definition) is 0. The quantitative estimate of drug-likeness (QED) is 0.492. The van der Waals surface area contributed by atoms with Crippen LogP contribution in [0.5, 0.6) is 0 Å². The van der Waals surface area contributed by atoms with Crippen molar-refractivity contribution in [3.05, 3.63) is 48.6 Å². The van der Waals surface area contributed by atoms with E-state index in [-0.39, 0.29) is 0 Å². The summed E-state index contributed by atoms with van der Waals surface area (Å²) in [6.07, 6.45) is 1.67. The second-order valence-electron chi connectivity index (χ2n) is 2.23. The molecule has 0 atom stereocenters. The zero-order valence-corrected chi connectivity index (χ0v) is 7.03. The topological polar surface area (TPSA) is 21.6 Å². The molecule has 62 valence electrons. The predicted octanol–water partition coefficient (Wildman–Crippen LogP) is 2.22. The molecule has 12 heavy (non-hydrogen) atoms. The van der Waals surface area contributed by atoms with Gasteiger partial charge in [-0.05, 0) is 6.08 Å². The van der Waals surface area contributed by atoms with Gasteiger partial charge in [0.05, 0.1) is 0 Å². The van der Waals surface area contributed by atoms with Crippen molar-refractivity contribution in [1.82, 2.24) is 0 Å². The predicted molar refractivity (Wildman–Crippen MR) is 50.2 cm³/mol. The van der Waals surface area contributed by atoms with Gasteiger partial charge in [0.15, 0.2) is 0 Å². The van der Waals surface area contributed by atoms with E-state index in [9.17, 15) is 0 Å². The zero-order chi connectivity index (χ0) is 8.81. The van der Waals surface area contributed by atoms with Crippen molar-refractivity contribution in [2.24, 2.45) is 5.16 Å². The van der Waals surface area contributed by atoms with Gasteiger partial charge in [0.1, 0.15) is 12.8 Å². The van der Waals surface area contributed by atoms with Crippen LogP contribution in [0.2, 0.25) is 0 Å². The molecule has 0 fully saturated rings. The zero-order valence-electron chi connectivity index (χ0n) is 7.03. The van der Waals surface area contributed by atoms with Crippen LogP contribution < -0.4 is 0 Å². The van der Waals surface area contributed by atoms with Crippen molar-refractivity contribution >= 4 is 5.71 Å². The molecule has 1 aromatic rings. The van der Waals surface area contributed by atoms with Gasteiger partial charge in [-0.15, -0.1) is 0 Å². The molecule has 0 saturated heterocycles. The van der Waals surface area contributed by atoms with Crippen molar-refractivity contribution in [1.29, 1.82) is 0 Å². The third kappa shape index (κ3) is 1.95. The molecule has 0 aromatic heterocycles. The molecule has 1 rings (SSSR count). The summed E-state index contributed by atoms with van der Waals surface area (Å²) >= 11 is 0. The molecule has 0 aliphatic rings. The van der Waals surface area contributed by atoms with Crippen LogP contribution in [-0.4, -0.2) is 12.8 Å². The van der Waals surface area contributed by atoms with Crippen molar-refractivity contribution in [2.45, 2.75) is 0 Å². The molecule has 0 heterocycles. The van der Waals surface area contributed by atoms with Gasteiger partial charge in [0, 0.05) is 5.56 Å². The molecule has 0 amide bonds. The molecule has 0 unspecified atom stereocenters. The van der Waals surface area contributed by atoms with E-state index in [1.165, 1.54) is 7.11 Å². The molecule has 0 aliphatic carbocycles. The number of hydrogen-bond acceptors (Lipinski definition) is 2. The lowest BCUT2D eigenvalue weighted by Gasteiger charge is -1.98. The number of rotatable bonds is 3. The minimum atomic E-state index is 0.748. The lowest BCUT2D eigenvalue weighted by Crippen LogP contribution is -1.95. The fourth-order valence-electron chi connectivity index (χ4n) is 0.915. The number of oxime groups is 1. The Kier molecular flexibility index (Phi) is 3.08. The van der Waals surface area contributed by atoms with Crippen LogP contribution in [0.25, 0.3) is 0 Å². The van der Waals surface area contributed by atoms with E-state index in [0.29, 0.717) is 0 Å². The first-order chi connectivity index (χ1) is 5.88. The third-order valence-corrected chi connectivity index (χ3v) is 1.45. The van der Waals surface area contributed by atoms with Gasteiger partial charge in [-0.25, -0.2) is 0 Å². The van der Waals surface area contributed by atoms with Crippen LogP contribution in [0.4, 0.5) is 0 Å². The van der Waals surface area contributed by atoms with Crippen LogP contribution in [0.1, 0.15) is 5.56 Å².